The lowest BCUT2D eigenvalue weighted by atomic mass is 9.82. The molecule has 96 valence electrons. The smallest absolute Gasteiger partial charge is 0.0136 e. The van der Waals surface area contributed by atoms with Gasteiger partial charge in [-0.15, -0.1) is 0 Å². The molecule has 1 heterocycles. The fourth-order valence-electron chi connectivity index (χ4n) is 2.93. The lowest BCUT2D eigenvalue weighted by Gasteiger charge is -2.31. The molecule has 1 aliphatic rings. The summed E-state index contributed by atoms with van der Waals surface area (Å²) in [5.41, 5.74) is 1.52. The van der Waals surface area contributed by atoms with Crippen molar-refractivity contribution in [1.82, 2.24) is 5.32 Å². The Labute approximate surface area is 110 Å². The van der Waals surface area contributed by atoms with E-state index in [0.717, 1.165) is 5.92 Å². The Morgan fingerprint density at radius 3 is 2.82 bits per heavy atom. The van der Waals surface area contributed by atoms with Crippen LogP contribution in [0.25, 0.3) is 0 Å². The van der Waals surface area contributed by atoms with E-state index in [2.05, 4.69) is 29.1 Å². The summed E-state index contributed by atoms with van der Waals surface area (Å²) in [5, 5.41) is 8.29. The molecule has 1 saturated carbocycles. The average molecular weight is 251 g/mol. The highest BCUT2D eigenvalue weighted by atomic mass is 32.1. The van der Waals surface area contributed by atoms with Gasteiger partial charge < -0.3 is 5.32 Å². The van der Waals surface area contributed by atoms with Crippen molar-refractivity contribution in [2.24, 2.45) is 5.92 Å². The first-order valence-electron chi connectivity index (χ1n) is 7.14. The zero-order valence-corrected chi connectivity index (χ0v) is 11.8. The van der Waals surface area contributed by atoms with Crippen LogP contribution in [0.3, 0.4) is 0 Å². The van der Waals surface area contributed by atoms with Crippen molar-refractivity contribution in [2.75, 3.05) is 6.54 Å². The highest BCUT2D eigenvalue weighted by Crippen LogP contribution is 2.28. The Morgan fingerprint density at radius 1 is 1.35 bits per heavy atom. The maximum atomic E-state index is 3.78. The first kappa shape index (κ1) is 13.1. The molecule has 1 atom stereocenters. The highest BCUT2D eigenvalue weighted by Gasteiger charge is 2.23. The molecule has 0 aromatic carbocycles. The van der Waals surface area contributed by atoms with Crippen LogP contribution < -0.4 is 5.32 Å². The molecule has 0 bridgehead atoms. The molecule has 1 aromatic rings. The van der Waals surface area contributed by atoms with Gasteiger partial charge in [0.2, 0.25) is 0 Å². The number of nitrogens with one attached hydrogen (secondary N) is 1. The van der Waals surface area contributed by atoms with Crippen molar-refractivity contribution >= 4 is 11.3 Å². The van der Waals surface area contributed by atoms with E-state index in [1.165, 1.54) is 57.1 Å². The summed E-state index contributed by atoms with van der Waals surface area (Å²) in [6.45, 7) is 3.43. The van der Waals surface area contributed by atoms with E-state index < -0.39 is 0 Å². The molecule has 1 aromatic heterocycles. The molecule has 17 heavy (non-hydrogen) atoms. The summed E-state index contributed by atoms with van der Waals surface area (Å²) in [6, 6.07) is 3.00. The standard InChI is InChI=1S/C15H25NS/c1-2-9-16-15(11-13-8-10-17-12-13)14-6-4-3-5-7-14/h8,10,12,14-16H,2-7,9,11H2,1H3. The van der Waals surface area contributed by atoms with Crippen LogP contribution in [0.2, 0.25) is 0 Å². The highest BCUT2D eigenvalue weighted by molar-refractivity contribution is 7.07. The van der Waals surface area contributed by atoms with E-state index in [9.17, 15) is 0 Å². The summed E-state index contributed by atoms with van der Waals surface area (Å²) < 4.78 is 0. The zero-order chi connectivity index (χ0) is 11.9. The van der Waals surface area contributed by atoms with Crippen LogP contribution in [-0.2, 0) is 6.42 Å². The van der Waals surface area contributed by atoms with Crippen molar-refractivity contribution in [3.05, 3.63) is 22.4 Å². The van der Waals surface area contributed by atoms with Crippen LogP contribution in [0.1, 0.15) is 51.0 Å². The summed E-state index contributed by atoms with van der Waals surface area (Å²) in [6.07, 6.45) is 9.69. The van der Waals surface area contributed by atoms with Gasteiger partial charge in [-0.1, -0.05) is 26.2 Å². The third-order valence-electron chi connectivity index (χ3n) is 3.91. The van der Waals surface area contributed by atoms with Gasteiger partial charge in [0.15, 0.2) is 0 Å². The zero-order valence-electron chi connectivity index (χ0n) is 11.0. The summed E-state index contributed by atoms with van der Waals surface area (Å²) in [5.74, 6) is 0.912. The van der Waals surface area contributed by atoms with E-state index in [1.54, 1.807) is 0 Å². The molecule has 2 rings (SSSR count). The molecular weight excluding hydrogens is 226 g/mol. The fourth-order valence-corrected chi connectivity index (χ4v) is 3.62. The van der Waals surface area contributed by atoms with Crippen LogP contribution in [0.15, 0.2) is 16.8 Å². The SMILES string of the molecule is CCCNC(Cc1ccsc1)C1CCCCC1. The van der Waals surface area contributed by atoms with Gasteiger partial charge >= 0.3 is 0 Å². The molecular formula is C15H25NS. The average Bonchev–Trinajstić information content (AvgIpc) is 2.88. The van der Waals surface area contributed by atoms with E-state index in [1.807, 2.05) is 11.3 Å². The largest absolute Gasteiger partial charge is 0.313 e. The van der Waals surface area contributed by atoms with Crippen molar-refractivity contribution in [2.45, 2.75) is 57.9 Å². The molecule has 0 saturated heterocycles. The van der Waals surface area contributed by atoms with E-state index in [4.69, 9.17) is 0 Å². The van der Waals surface area contributed by atoms with Crippen LogP contribution in [0.5, 0.6) is 0 Å². The molecule has 0 aliphatic heterocycles. The molecule has 0 amide bonds. The van der Waals surface area contributed by atoms with Crippen LogP contribution in [0.4, 0.5) is 0 Å². The Balaban J connectivity index is 1.91. The monoisotopic (exact) mass is 251 g/mol. The van der Waals surface area contributed by atoms with Gasteiger partial charge in [0.05, 0.1) is 0 Å². The number of hydrogen-bond acceptors (Lipinski definition) is 2. The maximum Gasteiger partial charge on any atom is 0.0136 e. The number of thiophene rings is 1. The van der Waals surface area contributed by atoms with Gasteiger partial charge in [0, 0.05) is 6.04 Å². The molecule has 1 N–H and O–H groups in total. The molecule has 0 spiro atoms. The minimum Gasteiger partial charge on any atom is -0.313 e. The topological polar surface area (TPSA) is 12.0 Å². The van der Waals surface area contributed by atoms with Crippen molar-refractivity contribution < 1.29 is 0 Å². The molecule has 0 radical (unpaired) electrons. The molecule has 1 fully saturated rings. The number of rotatable bonds is 6. The third kappa shape index (κ3) is 4.11. The molecule has 2 heteroatoms. The fraction of sp³-hybridized carbons (Fsp3) is 0.733. The van der Waals surface area contributed by atoms with Gasteiger partial charge in [-0.25, -0.2) is 0 Å². The van der Waals surface area contributed by atoms with Crippen molar-refractivity contribution in [3.63, 3.8) is 0 Å². The first-order chi connectivity index (χ1) is 8.40. The molecule has 1 aliphatic carbocycles. The second-order valence-electron chi connectivity index (χ2n) is 5.29. The third-order valence-corrected chi connectivity index (χ3v) is 4.64. The lowest BCUT2D eigenvalue weighted by molar-refractivity contribution is 0.267. The van der Waals surface area contributed by atoms with Gasteiger partial charge in [-0.05, 0) is 60.5 Å². The minimum atomic E-state index is 0.713. The van der Waals surface area contributed by atoms with E-state index in [0.29, 0.717) is 6.04 Å². The Hall–Kier alpha value is -0.340. The van der Waals surface area contributed by atoms with Gasteiger partial charge in [-0.2, -0.15) is 11.3 Å². The lowest BCUT2D eigenvalue weighted by Crippen LogP contribution is -2.39. The predicted molar refractivity (Wildman–Crippen MR) is 76.7 cm³/mol. The first-order valence-corrected chi connectivity index (χ1v) is 8.09. The summed E-state index contributed by atoms with van der Waals surface area (Å²) >= 11 is 1.82. The molecule has 1 unspecified atom stereocenters. The Bertz CT molecular complexity index is 288. The predicted octanol–water partition coefficient (Wildman–Crippen LogP) is 4.24. The maximum absolute atomic E-state index is 3.78. The Kier molecular flexibility index (Phi) is 5.53. The van der Waals surface area contributed by atoms with Gasteiger partial charge in [0.1, 0.15) is 0 Å². The molecule has 1 nitrogen and oxygen atoms in total. The Morgan fingerprint density at radius 2 is 2.18 bits per heavy atom. The quantitative estimate of drug-likeness (QED) is 0.797. The van der Waals surface area contributed by atoms with Crippen molar-refractivity contribution in [1.29, 1.82) is 0 Å². The van der Waals surface area contributed by atoms with E-state index >= 15 is 0 Å². The van der Waals surface area contributed by atoms with Gasteiger partial charge in [0.25, 0.3) is 0 Å². The van der Waals surface area contributed by atoms with Gasteiger partial charge in [-0.3, -0.25) is 0 Å². The normalized spacial score (nSPS) is 19.4. The number of hydrogen-bond donors (Lipinski definition) is 1. The van der Waals surface area contributed by atoms with Crippen LogP contribution in [0, 0.1) is 5.92 Å². The summed E-state index contributed by atoms with van der Waals surface area (Å²) in [7, 11) is 0. The van der Waals surface area contributed by atoms with E-state index in [-0.39, 0.29) is 0 Å². The van der Waals surface area contributed by atoms with Crippen LogP contribution >= 0.6 is 11.3 Å². The minimum absolute atomic E-state index is 0.713. The van der Waals surface area contributed by atoms with Crippen LogP contribution in [-0.4, -0.2) is 12.6 Å². The van der Waals surface area contributed by atoms with Crippen molar-refractivity contribution in [3.8, 4) is 0 Å². The summed E-state index contributed by atoms with van der Waals surface area (Å²) in [4.78, 5) is 0. The second-order valence-corrected chi connectivity index (χ2v) is 6.07. The second kappa shape index (κ2) is 7.17.